The van der Waals surface area contributed by atoms with Crippen LogP contribution >= 0.6 is 34.8 Å². The minimum atomic E-state index is -4.66. The number of rotatable bonds is 12. The molecule has 3 rings (SSSR count). The fraction of sp³-hybridized carbons (Fsp3) is 0.286. The maximum Gasteiger partial charge on any atom is 0.273 e. The first kappa shape index (κ1) is 33.9. The average Bonchev–Trinajstić information content (AvgIpc) is 2.96. The highest BCUT2D eigenvalue weighted by Gasteiger charge is 2.36. The average molecular weight is 672 g/mol. The van der Waals surface area contributed by atoms with Crippen molar-refractivity contribution >= 4 is 68.0 Å². The number of sulfonamides is 1. The van der Waals surface area contributed by atoms with Gasteiger partial charge in [0.05, 0.1) is 22.6 Å². The SMILES string of the molecule is CCC(C(=O)NC)N(Cc1c(Cl)cccc1Cl)C(=O)CN(c1cc(Cl)ccc1OC)S(=O)(=O)c1ccc(C)c([N+](=O)[O-])c1. The van der Waals surface area contributed by atoms with E-state index < -0.39 is 49.9 Å². The van der Waals surface area contributed by atoms with Crippen molar-refractivity contribution in [2.24, 2.45) is 0 Å². The van der Waals surface area contributed by atoms with Crippen LogP contribution in [0.3, 0.4) is 0 Å². The van der Waals surface area contributed by atoms with Crippen molar-refractivity contribution in [1.82, 2.24) is 10.2 Å². The summed E-state index contributed by atoms with van der Waals surface area (Å²) in [6, 6.07) is 11.3. The number of nitrogens with zero attached hydrogens (tertiary/aromatic N) is 3. The Morgan fingerprint density at radius 2 is 1.72 bits per heavy atom. The van der Waals surface area contributed by atoms with Crippen molar-refractivity contribution in [3.8, 4) is 5.75 Å². The van der Waals surface area contributed by atoms with Gasteiger partial charge in [0.15, 0.2) is 0 Å². The van der Waals surface area contributed by atoms with E-state index in [1.54, 1.807) is 25.1 Å². The summed E-state index contributed by atoms with van der Waals surface area (Å²) in [6.07, 6.45) is 0.172. The highest BCUT2D eigenvalue weighted by molar-refractivity contribution is 7.92. The number of benzene rings is 3. The van der Waals surface area contributed by atoms with Crippen LogP contribution < -0.4 is 14.4 Å². The van der Waals surface area contributed by atoms with Crippen LogP contribution in [-0.2, 0) is 26.2 Å². The highest BCUT2D eigenvalue weighted by atomic mass is 35.5. The van der Waals surface area contributed by atoms with Crippen LogP contribution in [0.4, 0.5) is 11.4 Å². The number of likely N-dealkylation sites (N-methyl/N-ethyl adjacent to an activating group) is 1. The Bertz CT molecular complexity index is 1630. The zero-order valence-electron chi connectivity index (χ0n) is 23.6. The third-order valence-corrected chi connectivity index (χ3v) is 9.38. The third-order valence-electron chi connectivity index (χ3n) is 6.68. The third kappa shape index (κ3) is 7.50. The summed E-state index contributed by atoms with van der Waals surface area (Å²) < 4.78 is 34.5. The zero-order chi connectivity index (χ0) is 32.1. The number of nitro benzene ring substituents is 1. The molecule has 0 saturated heterocycles. The number of ether oxygens (including phenoxy) is 1. The lowest BCUT2D eigenvalue weighted by Gasteiger charge is -2.33. The minimum Gasteiger partial charge on any atom is -0.495 e. The number of anilines is 1. The van der Waals surface area contributed by atoms with E-state index in [2.05, 4.69) is 5.32 Å². The molecule has 11 nitrogen and oxygen atoms in total. The lowest BCUT2D eigenvalue weighted by atomic mass is 10.1. The molecule has 0 aliphatic rings. The minimum absolute atomic E-state index is 0.0569. The summed E-state index contributed by atoms with van der Waals surface area (Å²) in [6.45, 7) is 2.10. The maximum atomic E-state index is 14.2. The molecule has 0 saturated carbocycles. The number of nitrogens with one attached hydrogen (secondary N) is 1. The number of carbonyl (C=O) groups excluding carboxylic acids is 2. The van der Waals surface area contributed by atoms with Crippen LogP contribution in [0, 0.1) is 17.0 Å². The molecule has 15 heteroatoms. The van der Waals surface area contributed by atoms with Gasteiger partial charge in [0.2, 0.25) is 11.8 Å². The van der Waals surface area contributed by atoms with Gasteiger partial charge in [0.25, 0.3) is 15.7 Å². The molecule has 2 amide bonds. The Labute approximate surface area is 264 Å². The second-order valence-corrected chi connectivity index (χ2v) is 12.4. The van der Waals surface area contributed by atoms with E-state index in [-0.39, 0.29) is 45.0 Å². The maximum absolute atomic E-state index is 14.2. The topological polar surface area (TPSA) is 139 Å². The smallest absolute Gasteiger partial charge is 0.273 e. The number of aryl methyl sites for hydroxylation is 1. The normalized spacial score (nSPS) is 11.9. The summed E-state index contributed by atoms with van der Waals surface area (Å²) in [5, 5.41) is 14.8. The van der Waals surface area contributed by atoms with Crippen molar-refractivity contribution < 1.29 is 27.7 Å². The highest BCUT2D eigenvalue weighted by Crippen LogP contribution is 2.36. The Morgan fingerprint density at radius 1 is 1.07 bits per heavy atom. The Hall–Kier alpha value is -3.58. The van der Waals surface area contributed by atoms with Crippen LogP contribution in [0.15, 0.2) is 59.5 Å². The molecule has 1 atom stereocenters. The zero-order valence-corrected chi connectivity index (χ0v) is 26.7. The van der Waals surface area contributed by atoms with E-state index in [0.29, 0.717) is 5.56 Å². The van der Waals surface area contributed by atoms with Crippen molar-refractivity contribution in [2.75, 3.05) is 25.0 Å². The van der Waals surface area contributed by atoms with E-state index >= 15 is 0 Å². The van der Waals surface area contributed by atoms with Gasteiger partial charge < -0.3 is 15.0 Å². The molecule has 3 aromatic rings. The Morgan fingerprint density at radius 3 is 2.28 bits per heavy atom. The molecule has 0 aliphatic heterocycles. The van der Waals surface area contributed by atoms with Crippen LogP contribution in [0.2, 0.25) is 15.1 Å². The van der Waals surface area contributed by atoms with Crippen molar-refractivity contribution in [1.29, 1.82) is 0 Å². The predicted octanol–water partition coefficient (Wildman–Crippen LogP) is 5.62. The van der Waals surface area contributed by atoms with Crippen LogP contribution in [0.25, 0.3) is 0 Å². The van der Waals surface area contributed by atoms with Crippen LogP contribution in [0.5, 0.6) is 5.75 Å². The summed E-state index contributed by atoms with van der Waals surface area (Å²) in [5.41, 5.74) is 0.0675. The van der Waals surface area contributed by atoms with E-state index in [9.17, 15) is 28.1 Å². The number of halogens is 3. The van der Waals surface area contributed by atoms with Gasteiger partial charge in [0.1, 0.15) is 18.3 Å². The van der Waals surface area contributed by atoms with Crippen molar-refractivity contribution in [3.05, 3.63) is 90.9 Å². The van der Waals surface area contributed by atoms with E-state index in [4.69, 9.17) is 39.5 Å². The van der Waals surface area contributed by atoms with Crippen LogP contribution in [-0.4, -0.2) is 56.8 Å². The number of carbonyl (C=O) groups is 2. The summed E-state index contributed by atoms with van der Waals surface area (Å²) in [5.74, 6) is -1.23. The predicted molar refractivity (Wildman–Crippen MR) is 166 cm³/mol. The molecule has 0 aliphatic carbocycles. The monoisotopic (exact) mass is 670 g/mol. The van der Waals surface area contributed by atoms with Gasteiger partial charge in [0, 0.05) is 45.9 Å². The van der Waals surface area contributed by atoms with Gasteiger partial charge in [-0.3, -0.25) is 24.0 Å². The number of hydrogen-bond acceptors (Lipinski definition) is 7. The molecule has 0 spiro atoms. The fourth-order valence-corrected chi connectivity index (χ4v) is 6.51. The molecule has 0 heterocycles. The number of methoxy groups -OCH3 is 1. The molecule has 0 radical (unpaired) electrons. The molecule has 0 fully saturated rings. The van der Waals surface area contributed by atoms with Crippen LogP contribution in [0.1, 0.15) is 24.5 Å². The first-order chi connectivity index (χ1) is 20.3. The summed E-state index contributed by atoms with van der Waals surface area (Å²) in [4.78, 5) is 38.7. The second-order valence-electron chi connectivity index (χ2n) is 9.29. The second kappa shape index (κ2) is 14.3. The van der Waals surface area contributed by atoms with Gasteiger partial charge in [-0.2, -0.15) is 0 Å². The lowest BCUT2D eigenvalue weighted by molar-refractivity contribution is -0.385. The van der Waals surface area contributed by atoms with E-state index in [1.807, 2.05) is 0 Å². The largest absolute Gasteiger partial charge is 0.495 e. The van der Waals surface area contributed by atoms with Gasteiger partial charge in [-0.25, -0.2) is 8.42 Å². The number of amides is 2. The summed E-state index contributed by atoms with van der Waals surface area (Å²) >= 11 is 19.0. The Balaban J connectivity index is 2.22. The first-order valence-electron chi connectivity index (χ1n) is 12.8. The van der Waals surface area contributed by atoms with Gasteiger partial charge >= 0.3 is 0 Å². The molecular formula is C28H29Cl3N4O7S. The molecule has 0 aromatic heterocycles. The molecule has 0 bridgehead atoms. The molecule has 230 valence electrons. The number of hydrogen-bond donors (Lipinski definition) is 1. The molecule has 3 aromatic carbocycles. The summed E-state index contributed by atoms with van der Waals surface area (Å²) in [7, 11) is -1.95. The van der Waals surface area contributed by atoms with E-state index in [1.165, 1.54) is 56.3 Å². The molecule has 1 N–H and O–H groups in total. The lowest BCUT2D eigenvalue weighted by Crippen LogP contribution is -2.51. The molecular weight excluding hydrogens is 643 g/mol. The fourth-order valence-electron chi connectivity index (χ4n) is 4.38. The molecule has 43 heavy (non-hydrogen) atoms. The Kier molecular flexibility index (Phi) is 11.2. The van der Waals surface area contributed by atoms with E-state index in [0.717, 1.165) is 10.4 Å². The quantitative estimate of drug-likeness (QED) is 0.195. The van der Waals surface area contributed by atoms with Crippen molar-refractivity contribution in [2.45, 2.75) is 37.8 Å². The van der Waals surface area contributed by atoms with Gasteiger partial charge in [-0.15, -0.1) is 0 Å². The first-order valence-corrected chi connectivity index (χ1v) is 15.4. The van der Waals surface area contributed by atoms with Gasteiger partial charge in [-0.1, -0.05) is 53.9 Å². The van der Waals surface area contributed by atoms with Gasteiger partial charge in [-0.05, 0) is 49.7 Å². The number of nitro groups is 1. The standard InChI is InChI=1S/C28H29Cl3N4O7S/c1-5-23(28(37)32-3)33(15-20-21(30)7-6-8-22(20)31)27(36)16-34(25-13-18(29)10-12-26(25)42-4)43(40,41)19-11-9-17(2)24(14-19)35(38)39/h6-14,23H,5,15-16H2,1-4H3,(H,32,37). The van der Waals surface area contributed by atoms with Crippen molar-refractivity contribution in [3.63, 3.8) is 0 Å². The molecule has 1 unspecified atom stereocenters.